The summed E-state index contributed by atoms with van der Waals surface area (Å²) >= 11 is 0. The van der Waals surface area contributed by atoms with Crippen molar-refractivity contribution < 1.29 is 19.8 Å². The molecule has 0 amide bonds. The van der Waals surface area contributed by atoms with Crippen LogP contribution >= 0.6 is 21.6 Å². The smallest absolute Gasteiger partial charge is 0.336 e. The lowest BCUT2D eigenvalue weighted by Crippen LogP contribution is -1.98. The van der Waals surface area contributed by atoms with Crippen LogP contribution in [0.3, 0.4) is 0 Å². The highest BCUT2D eigenvalue weighted by Gasteiger charge is 2.13. The summed E-state index contributed by atoms with van der Waals surface area (Å²) in [5.41, 5.74) is 0.413. The summed E-state index contributed by atoms with van der Waals surface area (Å²) in [4.78, 5) is 23.4. The van der Waals surface area contributed by atoms with E-state index in [0.29, 0.717) is 9.79 Å². The van der Waals surface area contributed by atoms with Gasteiger partial charge in [0.15, 0.2) is 0 Å². The molecule has 0 radical (unpaired) electrons. The van der Waals surface area contributed by atoms with Crippen LogP contribution in [0.15, 0.2) is 58.3 Å². The monoisotopic (exact) mass is 332 g/mol. The van der Waals surface area contributed by atoms with Gasteiger partial charge in [0, 0.05) is 9.79 Å². The Hall–Kier alpha value is -1.15. The molecule has 0 spiro atoms. The lowest BCUT2D eigenvalue weighted by Gasteiger charge is -2.06. The maximum atomic E-state index is 11.1. The molecule has 0 saturated heterocycles. The van der Waals surface area contributed by atoms with E-state index in [1.165, 1.54) is 33.7 Å². The number of hydrogen-bond acceptors (Lipinski definition) is 4. The Morgan fingerprint density at radius 1 is 0.714 bits per heavy atom. The maximum absolute atomic E-state index is 11.1. The van der Waals surface area contributed by atoms with Crippen molar-refractivity contribution >= 4 is 56.6 Å². The van der Waals surface area contributed by atoms with Crippen molar-refractivity contribution in [1.29, 1.82) is 0 Å². The third-order valence-corrected chi connectivity index (χ3v) is 4.94. The zero-order valence-electron chi connectivity index (χ0n) is 10.1. The highest BCUT2D eigenvalue weighted by molar-refractivity contribution is 8.76. The van der Waals surface area contributed by atoms with E-state index in [2.05, 4.69) is 0 Å². The van der Waals surface area contributed by atoms with Crippen LogP contribution in [0.5, 0.6) is 0 Å². The zero-order valence-corrected chi connectivity index (χ0v) is 11.8. The average molecular weight is 333 g/mol. The van der Waals surface area contributed by atoms with E-state index in [4.69, 9.17) is 10.2 Å². The molecule has 0 aliphatic heterocycles. The molecule has 21 heavy (non-hydrogen) atoms. The van der Waals surface area contributed by atoms with Gasteiger partial charge in [-0.2, -0.15) is 0 Å². The Morgan fingerprint density at radius 3 is 1.38 bits per heavy atom. The first-order chi connectivity index (χ1) is 9.59. The molecule has 0 bridgehead atoms. The third kappa shape index (κ3) is 4.67. The summed E-state index contributed by atoms with van der Waals surface area (Å²) in [6, 6.07) is 13.3. The molecule has 0 aliphatic rings. The van der Waals surface area contributed by atoms with Crippen molar-refractivity contribution in [3.05, 3.63) is 59.7 Å². The van der Waals surface area contributed by atoms with Gasteiger partial charge in [-0.1, -0.05) is 45.9 Å². The number of aromatic carboxylic acids is 2. The number of rotatable bonds is 5. The van der Waals surface area contributed by atoms with Crippen LogP contribution < -0.4 is 0 Å². The van der Waals surface area contributed by atoms with Gasteiger partial charge in [0.05, 0.1) is 11.1 Å². The van der Waals surface area contributed by atoms with E-state index in [-0.39, 0.29) is 34.2 Å². The first-order valence-electron chi connectivity index (χ1n) is 5.59. The first-order valence-corrected chi connectivity index (χ1v) is 7.73. The molecule has 0 unspecified atom stereocenters. The molecular weight excluding hydrogens is 321 g/mol. The second kappa shape index (κ2) is 8.33. The van der Waals surface area contributed by atoms with Crippen molar-refractivity contribution in [3.8, 4) is 0 Å². The fraction of sp³-hybridized carbons (Fsp3) is 0. The minimum absolute atomic E-state index is 0. The standard InChI is InChI=1S/C14H10O4S2.Mg.2H/c15-13(16)9-5-1-3-7-11(9)19-20-12-8-4-2-6-10(12)14(17)18;;;/h1-8H,(H,15,16)(H,17,18);;;. The topological polar surface area (TPSA) is 74.6 Å². The van der Waals surface area contributed by atoms with E-state index in [9.17, 15) is 9.59 Å². The summed E-state index contributed by atoms with van der Waals surface area (Å²) in [5, 5.41) is 18.2. The Kier molecular flexibility index (Phi) is 7.10. The molecule has 2 N–H and O–H groups in total. The molecule has 0 saturated carbocycles. The maximum Gasteiger partial charge on any atom is 0.336 e. The molecule has 0 heterocycles. The van der Waals surface area contributed by atoms with Crippen molar-refractivity contribution in [2.45, 2.75) is 9.79 Å². The molecule has 106 valence electrons. The number of carboxylic acid groups (broad SMARTS) is 2. The molecule has 2 aromatic carbocycles. The first kappa shape index (κ1) is 17.9. The van der Waals surface area contributed by atoms with Gasteiger partial charge in [-0.3, -0.25) is 0 Å². The van der Waals surface area contributed by atoms with Gasteiger partial charge in [-0.05, 0) is 24.3 Å². The van der Waals surface area contributed by atoms with Crippen molar-refractivity contribution in [3.63, 3.8) is 0 Å². The van der Waals surface area contributed by atoms with Gasteiger partial charge in [-0.15, -0.1) is 0 Å². The lowest BCUT2D eigenvalue weighted by atomic mass is 10.2. The molecule has 0 fully saturated rings. The van der Waals surface area contributed by atoms with Gasteiger partial charge in [0.2, 0.25) is 0 Å². The number of benzene rings is 2. The van der Waals surface area contributed by atoms with Crippen LogP contribution in [0.2, 0.25) is 0 Å². The minimum atomic E-state index is -1.000. The fourth-order valence-electron chi connectivity index (χ4n) is 1.52. The minimum Gasteiger partial charge on any atom is -0.478 e. The van der Waals surface area contributed by atoms with Gasteiger partial charge < -0.3 is 10.2 Å². The van der Waals surface area contributed by atoms with Crippen LogP contribution in [0.25, 0.3) is 0 Å². The van der Waals surface area contributed by atoms with Crippen LogP contribution in [-0.2, 0) is 0 Å². The average Bonchev–Trinajstić information content (AvgIpc) is 2.45. The van der Waals surface area contributed by atoms with Gasteiger partial charge in [0.1, 0.15) is 0 Å². The summed E-state index contributed by atoms with van der Waals surface area (Å²) in [5.74, 6) is -2.00. The van der Waals surface area contributed by atoms with Crippen LogP contribution in [-0.4, -0.2) is 45.2 Å². The van der Waals surface area contributed by atoms with Crippen molar-refractivity contribution in [2.75, 3.05) is 0 Å². The Bertz CT molecular complexity index is 603. The van der Waals surface area contributed by atoms with E-state index in [0.717, 1.165) is 0 Å². The summed E-state index contributed by atoms with van der Waals surface area (Å²) in [7, 11) is 2.47. The quantitative estimate of drug-likeness (QED) is 0.647. The van der Waals surface area contributed by atoms with Crippen LogP contribution in [0, 0.1) is 0 Å². The largest absolute Gasteiger partial charge is 0.478 e. The predicted molar refractivity (Wildman–Crippen MR) is 87.1 cm³/mol. The SMILES string of the molecule is O=C(O)c1ccccc1SSc1ccccc1C(=O)O.[MgH2]. The Labute approximate surface area is 145 Å². The zero-order chi connectivity index (χ0) is 14.5. The summed E-state index contributed by atoms with van der Waals surface area (Å²) in [6.07, 6.45) is 0. The molecule has 0 atom stereocenters. The Morgan fingerprint density at radius 2 is 1.05 bits per heavy atom. The Balaban J connectivity index is 0.00000220. The highest BCUT2D eigenvalue weighted by atomic mass is 33.1. The van der Waals surface area contributed by atoms with Crippen molar-refractivity contribution in [2.24, 2.45) is 0 Å². The van der Waals surface area contributed by atoms with E-state index in [1.807, 2.05) is 0 Å². The van der Waals surface area contributed by atoms with E-state index >= 15 is 0 Å². The lowest BCUT2D eigenvalue weighted by molar-refractivity contribution is 0.0682. The van der Waals surface area contributed by atoms with Gasteiger partial charge in [0.25, 0.3) is 0 Å². The fourth-order valence-corrected chi connectivity index (χ4v) is 3.87. The predicted octanol–water partition coefficient (Wildman–Crippen LogP) is 2.97. The van der Waals surface area contributed by atoms with E-state index in [1.54, 1.807) is 36.4 Å². The molecule has 7 heteroatoms. The van der Waals surface area contributed by atoms with Gasteiger partial charge >= 0.3 is 35.0 Å². The summed E-state index contributed by atoms with van der Waals surface area (Å²) < 4.78 is 0. The second-order valence-corrected chi connectivity index (χ2v) is 5.98. The normalized spacial score (nSPS) is 9.71. The molecule has 0 aliphatic carbocycles. The molecule has 0 aromatic heterocycles. The number of carbonyl (C=O) groups is 2. The molecule has 2 rings (SSSR count). The molecular formula is C14H12MgO4S2. The van der Waals surface area contributed by atoms with Crippen molar-refractivity contribution in [1.82, 2.24) is 0 Å². The van der Waals surface area contributed by atoms with Gasteiger partial charge in [-0.25, -0.2) is 9.59 Å². The second-order valence-electron chi connectivity index (χ2n) is 3.77. The van der Waals surface area contributed by atoms with Crippen LogP contribution in [0.4, 0.5) is 0 Å². The van der Waals surface area contributed by atoms with Crippen LogP contribution in [0.1, 0.15) is 20.7 Å². The number of carboxylic acids is 2. The number of hydrogen-bond donors (Lipinski definition) is 2. The van der Waals surface area contributed by atoms with E-state index < -0.39 is 11.9 Å². The summed E-state index contributed by atoms with van der Waals surface area (Å²) in [6.45, 7) is 0. The molecule has 2 aromatic rings. The molecule has 4 nitrogen and oxygen atoms in total. The highest BCUT2D eigenvalue weighted by Crippen LogP contribution is 2.40. The third-order valence-electron chi connectivity index (χ3n) is 2.46.